The highest BCUT2D eigenvalue weighted by Gasteiger charge is 2.40. The summed E-state index contributed by atoms with van der Waals surface area (Å²) < 4.78 is 0. The largest absolute Gasteiger partial charge is 0.353 e. The van der Waals surface area contributed by atoms with Crippen molar-refractivity contribution in [2.45, 2.75) is 50.1 Å². The molecule has 3 nitrogen and oxygen atoms in total. The third-order valence-electron chi connectivity index (χ3n) is 2.88. The number of amides is 1. The highest BCUT2D eigenvalue weighted by Crippen LogP contribution is 2.35. The quantitative estimate of drug-likeness (QED) is 0.646. The molecule has 2 aliphatic carbocycles. The van der Waals surface area contributed by atoms with Gasteiger partial charge in [-0.1, -0.05) is 0 Å². The summed E-state index contributed by atoms with van der Waals surface area (Å²) in [6, 6.07) is 0.458. The second-order valence-corrected chi connectivity index (χ2v) is 4.23. The van der Waals surface area contributed by atoms with E-state index in [2.05, 4.69) is 5.32 Å². The van der Waals surface area contributed by atoms with Gasteiger partial charge < -0.3 is 11.1 Å². The maximum Gasteiger partial charge on any atom is 0.222 e. The van der Waals surface area contributed by atoms with E-state index in [0.29, 0.717) is 12.5 Å². The molecule has 0 radical (unpaired) electrons. The Bertz CT molecular complexity index is 195. The number of hydrogen-bond acceptors (Lipinski definition) is 2. The van der Waals surface area contributed by atoms with Crippen molar-refractivity contribution in [3.8, 4) is 0 Å². The molecule has 0 aromatic heterocycles. The van der Waals surface area contributed by atoms with E-state index in [4.69, 9.17) is 5.73 Å². The number of carbonyl (C=O) groups excluding carboxylic acids is 1. The van der Waals surface area contributed by atoms with Crippen molar-refractivity contribution < 1.29 is 4.79 Å². The van der Waals surface area contributed by atoms with E-state index in [0.717, 1.165) is 25.7 Å². The van der Waals surface area contributed by atoms with Crippen LogP contribution in [0.25, 0.3) is 0 Å². The molecule has 1 amide bonds. The molecule has 0 atom stereocenters. The molecule has 2 saturated carbocycles. The van der Waals surface area contributed by atoms with E-state index in [9.17, 15) is 4.79 Å². The lowest BCUT2D eigenvalue weighted by atomic mass is 9.93. The monoisotopic (exact) mass is 168 g/mol. The van der Waals surface area contributed by atoms with Crippen LogP contribution in [0.2, 0.25) is 0 Å². The molecule has 0 unspecified atom stereocenters. The highest BCUT2D eigenvalue weighted by molar-refractivity contribution is 5.78. The minimum atomic E-state index is -0.131. The smallest absolute Gasteiger partial charge is 0.222 e. The Balaban J connectivity index is 1.69. The van der Waals surface area contributed by atoms with Gasteiger partial charge in [-0.3, -0.25) is 4.79 Å². The maximum atomic E-state index is 11.3. The molecule has 0 aliphatic heterocycles. The van der Waals surface area contributed by atoms with E-state index in [1.54, 1.807) is 0 Å². The van der Waals surface area contributed by atoms with Gasteiger partial charge in [-0.2, -0.15) is 0 Å². The van der Waals surface area contributed by atoms with Gasteiger partial charge in [0.15, 0.2) is 0 Å². The fourth-order valence-electron chi connectivity index (χ4n) is 1.49. The molecule has 0 heterocycles. The van der Waals surface area contributed by atoms with Crippen LogP contribution in [0, 0.1) is 0 Å². The zero-order valence-electron chi connectivity index (χ0n) is 7.31. The third kappa shape index (κ3) is 1.78. The molecule has 0 spiro atoms. The topological polar surface area (TPSA) is 55.1 Å². The van der Waals surface area contributed by atoms with Gasteiger partial charge in [0, 0.05) is 18.0 Å². The van der Waals surface area contributed by atoms with E-state index in [1.807, 2.05) is 0 Å². The fourth-order valence-corrected chi connectivity index (χ4v) is 1.49. The average molecular weight is 168 g/mol. The van der Waals surface area contributed by atoms with Crippen molar-refractivity contribution in [3.05, 3.63) is 0 Å². The molecular formula is C9H16N2O. The minimum Gasteiger partial charge on any atom is -0.353 e. The average Bonchev–Trinajstić information content (AvgIpc) is 2.59. The van der Waals surface area contributed by atoms with Crippen LogP contribution < -0.4 is 11.1 Å². The van der Waals surface area contributed by atoms with Crippen molar-refractivity contribution in [2.75, 3.05) is 0 Å². The van der Waals surface area contributed by atoms with Gasteiger partial charge in [0.25, 0.3) is 0 Å². The molecule has 0 aromatic rings. The second kappa shape index (κ2) is 2.73. The van der Waals surface area contributed by atoms with Gasteiger partial charge in [0.2, 0.25) is 5.91 Å². The molecule has 2 rings (SSSR count). The van der Waals surface area contributed by atoms with Crippen LogP contribution in [0.1, 0.15) is 38.5 Å². The summed E-state index contributed by atoms with van der Waals surface area (Å²) in [4.78, 5) is 11.3. The molecule has 3 heteroatoms. The summed E-state index contributed by atoms with van der Waals surface area (Å²) in [7, 11) is 0. The van der Waals surface area contributed by atoms with Crippen molar-refractivity contribution >= 4 is 5.91 Å². The van der Waals surface area contributed by atoms with Gasteiger partial charge >= 0.3 is 0 Å². The van der Waals surface area contributed by atoms with Crippen molar-refractivity contribution in [3.63, 3.8) is 0 Å². The van der Waals surface area contributed by atoms with Crippen molar-refractivity contribution in [1.29, 1.82) is 0 Å². The molecule has 2 aliphatic rings. The molecule has 3 N–H and O–H groups in total. The van der Waals surface area contributed by atoms with E-state index < -0.39 is 0 Å². The van der Waals surface area contributed by atoms with Crippen LogP contribution in [0.4, 0.5) is 0 Å². The summed E-state index contributed by atoms with van der Waals surface area (Å²) in [6.45, 7) is 0. The van der Waals surface area contributed by atoms with E-state index in [1.165, 1.54) is 6.42 Å². The Kier molecular flexibility index (Phi) is 1.83. The summed E-state index contributed by atoms with van der Waals surface area (Å²) in [5, 5.41) is 2.99. The molecular weight excluding hydrogens is 152 g/mol. The molecule has 68 valence electrons. The Morgan fingerprint density at radius 2 is 2.17 bits per heavy atom. The van der Waals surface area contributed by atoms with Gasteiger partial charge in [-0.15, -0.1) is 0 Å². The number of hydrogen-bond donors (Lipinski definition) is 2. The van der Waals surface area contributed by atoms with Gasteiger partial charge in [-0.25, -0.2) is 0 Å². The molecule has 2 fully saturated rings. The Labute approximate surface area is 72.7 Å². The molecule has 12 heavy (non-hydrogen) atoms. The molecule has 0 aromatic carbocycles. The summed E-state index contributed by atoms with van der Waals surface area (Å²) in [5.74, 6) is 0.153. The first-order valence-corrected chi connectivity index (χ1v) is 4.76. The van der Waals surface area contributed by atoms with Crippen LogP contribution in [0.15, 0.2) is 0 Å². The number of carbonyl (C=O) groups is 1. The maximum absolute atomic E-state index is 11.3. The Morgan fingerprint density at radius 3 is 2.58 bits per heavy atom. The second-order valence-electron chi connectivity index (χ2n) is 4.23. The number of rotatable bonds is 3. The zero-order chi connectivity index (χ0) is 8.60. The Morgan fingerprint density at radius 1 is 1.50 bits per heavy atom. The first-order valence-electron chi connectivity index (χ1n) is 4.76. The Hall–Kier alpha value is -0.570. The lowest BCUT2D eigenvalue weighted by Gasteiger charge is -2.26. The predicted octanol–water partition coefficient (Wildman–Crippen LogP) is 0.536. The predicted molar refractivity (Wildman–Crippen MR) is 46.6 cm³/mol. The van der Waals surface area contributed by atoms with Crippen molar-refractivity contribution in [2.24, 2.45) is 5.73 Å². The highest BCUT2D eigenvalue weighted by atomic mass is 16.1. The van der Waals surface area contributed by atoms with Crippen LogP contribution in [0.5, 0.6) is 0 Å². The SMILES string of the molecule is NC1(CC(=O)NC2CCC2)CC1. The molecule has 0 saturated heterocycles. The molecule has 0 bridgehead atoms. The van der Waals surface area contributed by atoms with Crippen LogP contribution in [-0.2, 0) is 4.79 Å². The van der Waals surface area contributed by atoms with Crippen LogP contribution in [-0.4, -0.2) is 17.5 Å². The van der Waals surface area contributed by atoms with Gasteiger partial charge in [-0.05, 0) is 32.1 Å². The van der Waals surface area contributed by atoms with Crippen molar-refractivity contribution in [1.82, 2.24) is 5.32 Å². The van der Waals surface area contributed by atoms with E-state index in [-0.39, 0.29) is 11.4 Å². The van der Waals surface area contributed by atoms with Gasteiger partial charge in [0.1, 0.15) is 0 Å². The number of nitrogens with two attached hydrogens (primary N) is 1. The lowest BCUT2D eigenvalue weighted by molar-refractivity contribution is -0.122. The summed E-state index contributed by atoms with van der Waals surface area (Å²) >= 11 is 0. The first-order chi connectivity index (χ1) is 5.68. The normalized spacial score (nSPS) is 26.1. The van der Waals surface area contributed by atoms with E-state index >= 15 is 0 Å². The summed E-state index contributed by atoms with van der Waals surface area (Å²) in [6.07, 6.45) is 6.14. The lowest BCUT2D eigenvalue weighted by Crippen LogP contribution is -2.42. The fraction of sp³-hybridized carbons (Fsp3) is 0.889. The zero-order valence-corrected chi connectivity index (χ0v) is 7.31. The number of nitrogens with one attached hydrogen (secondary N) is 1. The minimum absolute atomic E-state index is 0.131. The van der Waals surface area contributed by atoms with Crippen LogP contribution in [0.3, 0.4) is 0 Å². The standard InChI is InChI=1S/C9H16N2O/c10-9(4-5-9)6-8(12)11-7-2-1-3-7/h7H,1-6,10H2,(H,11,12). The third-order valence-corrected chi connectivity index (χ3v) is 2.88. The summed E-state index contributed by atoms with van der Waals surface area (Å²) in [5.41, 5.74) is 5.69. The van der Waals surface area contributed by atoms with Gasteiger partial charge in [0.05, 0.1) is 0 Å². The van der Waals surface area contributed by atoms with Crippen LogP contribution >= 0.6 is 0 Å². The first kappa shape index (κ1) is 8.05.